The van der Waals surface area contributed by atoms with E-state index in [4.69, 9.17) is 21.6 Å². The summed E-state index contributed by atoms with van der Waals surface area (Å²) in [5, 5.41) is 14.8. The molecule has 6 nitrogen and oxygen atoms in total. The van der Waals surface area contributed by atoms with Crippen LogP contribution in [0.25, 0.3) is 11.1 Å². The number of nitriles is 1. The number of para-hydroxylation sites is 1. The van der Waals surface area contributed by atoms with Crippen LogP contribution in [0.2, 0.25) is 5.02 Å². The summed E-state index contributed by atoms with van der Waals surface area (Å²) in [4.78, 5) is 25.7. The number of hydrogen-bond acceptors (Lipinski definition) is 4. The Balaban J connectivity index is 1.77. The molecule has 0 spiro atoms. The molecule has 2 amide bonds. The van der Waals surface area contributed by atoms with Gasteiger partial charge in [-0.15, -0.1) is 0 Å². The molecule has 0 aromatic heterocycles. The van der Waals surface area contributed by atoms with Gasteiger partial charge in [-0.2, -0.15) is 5.26 Å². The first-order valence-corrected chi connectivity index (χ1v) is 11.3. The second kappa shape index (κ2) is 11.9. The molecule has 0 saturated heterocycles. The third-order valence-corrected chi connectivity index (χ3v) is 5.88. The van der Waals surface area contributed by atoms with Crippen LogP contribution in [-0.4, -0.2) is 31.5 Å². The molecule has 0 aliphatic carbocycles. The van der Waals surface area contributed by atoms with Gasteiger partial charge in [0.25, 0.3) is 5.91 Å². The molecule has 0 aliphatic heterocycles. The van der Waals surface area contributed by atoms with Gasteiger partial charge in [-0.1, -0.05) is 67.1 Å². The zero-order valence-corrected chi connectivity index (χ0v) is 19.8. The summed E-state index contributed by atoms with van der Waals surface area (Å²) < 4.78 is 5.44. The minimum absolute atomic E-state index is 0.0862. The fraction of sp³-hybridized carbons (Fsp3) is 0.222. The Morgan fingerprint density at radius 2 is 1.71 bits per heavy atom. The molecule has 3 aromatic rings. The summed E-state index contributed by atoms with van der Waals surface area (Å²) in [6.07, 6.45) is 0.334. The van der Waals surface area contributed by atoms with Crippen LogP contribution in [0.5, 0.6) is 5.75 Å². The molecule has 2 atom stereocenters. The highest BCUT2D eigenvalue weighted by molar-refractivity contribution is 6.33. The highest BCUT2D eigenvalue weighted by Crippen LogP contribution is 2.30. The summed E-state index contributed by atoms with van der Waals surface area (Å²) in [5.74, 6) is -0.163. The van der Waals surface area contributed by atoms with Gasteiger partial charge in [0.1, 0.15) is 18.3 Å². The third kappa shape index (κ3) is 6.15. The molecule has 0 unspecified atom stereocenters. The monoisotopic (exact) mass is 475 g/mol. The maximum atomic E-state index is 13.0. The molecule has 0 bridgehead atoms. The molecular formula is C27H26ClN3O3. The van der Waals surface area contributed by atoms with Gasteiger partial charge in [0.2, 0.25) is 5.91 Å². The van der Waals surface area contributed by atoms with Crippen molar-refractivity contribution in [2.24, 2.45) is 0 Å². The normalized spacial score (nSPS) is 12.2. The molecule has 7 heteroatoms. The Hall–Kier alpha value is -3.82. The average molecular weight is 476 g/mol. The number of ether oxygens (including phenoxy) is 1. The number of nitrogens with one attached hydrogen (secondary N) is 2. The Morgan fingerprint density at radius 1 is 1.03 bits per heavy atom. The first kappa shape index (κ1) is 24.8. The van der Waals surface area contributed by atoms with Crippen molar-refractivity contribution in [3.8, 4) is 22.9 Å². The van der Waals surface area contributed by atoms with Crippen LogP contribution in [-0.2, 0) is 4.79 Å². The molecule has 2 N–H and O–H groups in total. The molecule has 0 radical (unpaired) electrons. The number of benzene rings is 3. The maximum absolute atomic E-state index is 13.0. The predicted octanol–water partition coefficient (Wildman–Crippen LogP) is 4.95. The number of methoxy groups -OCH3 is 1. The molecular weight excluding hydrogens is 450 g/mol. The number of amides is 2. The predicted molar refractivity (Wildman–Crippen MR) is 133 cm³/mol. The van der Waals surface area contributed by atoms with Crippen LogP contribution < -0.4 is 15.4 Å². The minimum Gasteiger partial charge on any atom is -0.496 e. The lowest BCUT2D eigenvalue weighted by Crippen LogP contribution is -2.47. The van der Waals surface area contributed by atoms with Crippen LogP contribution in [0.4, 0.5) is 0 Å². The molecule has 174 valence electrons. The van der Waals surface area contributed by atoms with Crippen molar-refractivity contribution in [1.29, 1.82) is 5.26 Å². The molecule has 0 aliphatic rings. The Bertz CT molecular complexity index is 1190. The van der Waals surface area contributed by atoms with Gasteiger partial charge in [0.15, 0.2) is 0 Å². The largest absolute Gasteiger partial charge is 0.496 e. The van der Waals surface area contributed by atoms with Crippen molar-refractivity contribution >= 4 is 23.4 Å². The molecule has 34 heavy (non-hydrogen) atoms. The lowest BCUT2D eigenvalue weighted by atomic mass is 9.92. The summed E-state index contributed by atoms with van der Waals surface area (Å²) in [6.45, 7) is 1.83. The van der Waals surface area contributed by atoms with Crippen LogP contribution in [0.15, 0.2) is 72.8 Å². The van der Waals surface area contributed by atoms with Gasteiger partial charge in [-0.05, 0) is 47.7 Å². The average Bonchev–Trinajstić information content (AvgIpc) is 2.87. The highest BCUT2D eigenvalue weighted by Gasteiger charge is 2.25. The molecule has 3 rings (SSSR count). The van der Waals surface area contributed by atoms with Crippen molar-refractivity contribution in [2.75, 3.05) is 13.7 Å². The minimum atomic E-state index is -0.830. The van der Waals surface area contributed by atoms with Crippen LogP contribution in [0.1, 0.15) is 35.2 Å². The molecule has 0 fully saturated rings. The Kier molecular flexibility index (Phi) is 8.66. The Morgan fingerprint density at radius 3 is 2.38 bits per heavy atom. The summed E-state index contributed by atoms with van der Waals surface area (Å²) in [7, 11) is 1.59. The summed E-state index contributed by atoms with van der Waals surface area (Å²) in [5.41, 5.74) is 3.10. The summed E-state index contributed by atoms with van der Waals surface area (Å²) >= 11 is 6.27. The second-order valence-electron chi connectivity index (χ2n) is 7.84. The van der Waals surface area contributed by atoms with E-state index in [0.717, 1.165) is 16.7 Å². The fourth-order valence-corrected chi connectivity index (χ4v) is 4.02. The smallest absolute Gasteiger partial charge is 0.251 e. The summed E-state index contributed by atoms with van der Waals surface area (Å²) in [6, 6.07) is 23.1. The Labute approximate surface area is 204 Å². The fourth-order valence-electron chi connectivity index (χ4n) is 3.77. The first-order valence-electron chi connectivity index (χ1n) is 10.9. The molecule has 0 heterocycles. The van der Waals surface area contributed by atoms with Gasteiger partial charge in [-0.3, -0.25) is 9.59 Å². The van der Waals surface area contributed by atoms with E-state index in [-0.39, 0.29) is 18.4 Å². The quantitative estimate of drug-likeness (QED) is 0.428. The number of rotatable bonds is 9. The molecule has 3 aromatic carbocycles. The number of halogens is 1. The van der Waals surface area contributed by atoms with Gasteiger partial charge in [0, 0.05) is 16.1 Å². The number of hydrogen-bond donors (Lipinski definition) is 2. The third-order valence-electron chi connectivity index (χ3n) is 5.55. The number of carbonyl (C=O) groups is 2. The van der Waals surface area contributed by atoms with Crippen LogP contribution in [0.3, 0.4) is 0 Å². The molecule has 0 saturated carbocycles. The zero-order valence-electron chi connectivity index (χ0n) is 19.0. The van der Waals surface area contributed by atoms with E-state index in [9.17, 15) is 9.59 Å². The van der Waals surface area contributed by atoms with E-state index < -0.39 is 11.9 Å². The highest BCUT2D eigenvalue weighted by atomic mass is 35.5. The second-order valence-corrected chi connectivity index (χ2v) is 8.25. The van der Waals surface area contributed by atoms with E-state index >= 15 is 0 Å². The number of carbonyl (C=O) groups excluding carboxylic acids is 2. The standard InChI is InChI=1S/C27H26ClN3O3/c1-18(21-7-4-6-10-25(21)34-2)17-24(27(33)30-16-15-29)31-26(32)20-13-11-19(12-14-20)22-8-3-5-9-23(22)28/h3-14,18,24H,16-17H2,1-2H3,(H,30,33)(H,31,32)/t18-,24-/m0/s1. The zero-order chi connectivity index (χ0) is 24.5. The topological polar surface area (TPSA) is 91.2 Å². The van der Waals surface area contributed by atoms with Crippen LogP contribution in [0, 0.1) is 11.3 Å². The van der Waals surface area contributed by atoms with Crippen molar-refractivity contribution in [2.45, 2.75) is 25.3 Å². The van der Waals surface area contributed by atoms with Crippen molar-refractivity contribution in [3.63, 3.8) is 0 Å². The van der Waals surface area contributed by atoms with Crippen molar-refractivity contribution in [1.82, 2.24) is 10.6 Å². The number of nitrogens with zero attached hydrogens (tertiary/aromatic N) is 1. The lowest BCUT2D eigenvalue weighted by Gasteiger charge is -2.23. The van der Waals surface area contributed by atoms with Crippen molar-refractivity contribution < 1.29 is 14.3 Å². The SMILES string of the molecule is COc1ccccc1[C@@H](C)C[C@H](NC(=O)c1ccc(-c2ccccc2Cl)cc1)C(=O)NCC#N. The maximum Gasteiger partial charge on any atom is 0.251 e. The van der Waals surface area contributed by atoms with Gasteiger partial charge in [-0.25, -0.2) is 0 Å². The van der Waals surface area contributed by atoms with E-state index in [0.29, 0.717) is 22.8 Å². The van der Waals surface area contributed by atoms with Crippen molar-refractivity contribution in [3.05, 3.63) is 88.9 Å². The van der Waals surface area contributed by atoms with E-state index in [1.807, 2.05) is 73.7 Å². The van der Waals surface area contributed by atoms with E-state index in [1.54, 1.807) is 19.2 Å². The van der Waals surface area contributed by atoms with Crippen LogP contribution >= 0.6 is 11.6 Å². The van der Waals surface area contributed by atoms with E-state index in [2.05, 4.69) is 10.6 Å². The van der Waals surface area contributed by atoms with E-state index in [1.165, 1.54) is 0 Å². The van der Waals surface area contributed by atoms with Gasteiger partial charge in [0.05, 0.1) is 13.2 Å². The van der Waals surface area contributed by atoms with Gasteiger partial charge >= 0.3 is 0 Å². The lowest BCUT2D eigenvalue weighted by molar-refractivity contribution is -0.123. The first-order chi connectivity index (χ1) is 16.4. The van der Waals surface area contributed by atoms with Gasteiger partial charge < -0.3 is 15.4 Å².